The van der Waals surface area contributed by atoms with Crippen LogP contribution in [0.3, 0.4) is 0 Å². The molecule has 2 aromatic carbocycles. The molecule has 0 aliphatic carbocycles. The highest BCUT2D eigenvalue weighted by molar-refractivity contribution is 6.39. The summed E-state index contributed by atoms with van der Waals surface area (Å²) in [7, 11) is 1.41. The number of hydrogen-bond acceptors (Lipinski definition) is 5. The Morgan fingerprint density at radius 3 is 2.59 bits per heavy atom. The summed E-state index contributed by atoms with van der Waals surface area (Å²) in [5, 5.41) is 3.09. The number of carbonyl (C=O) groups is 1. The maximum atomic E-state index is 12.7. The third kappa shape index (κ3) is 5.42. The van der Waals surface area contributed by atoms with Crippen molar-refractivity contribution >= 4 is 34.8 Å². The quantitative estimate of drug-likeness (QED) is 0.671. The number of amides is 1. The van der Waals surface area contributed by atoms with Crippen molar-refractivity contribution in [2.24, 2.45) is 5.73 Å². The zero-order valence-corrected chi connectivity index (χ0v) is 16.9. The number of carbonyl (C=O) groups excluding carboxylic acids is 1. The Morgan fingerprint density at radius 1 is 1.22 bits per heavy atom. The molecule has 0 heterocycles. The summed E-state index contributed by atoms with van der Waals surface area (Å²) in [5.41, 5.74) is 6.19. The lowest BCUT2D eigenvalue weighted by atomic mass is 10.1. The molecule has 0 atom stereocenters. The second kappa shape index (κ2) is 9.69. The van der Waals surface area contributed by atoms with Gasteiger partial charge in [0.25, 0.3) is 5.91 Å². The molecule has 3 N–H and O–H groups in total. The fourth-order valence-corrected chi connectivity index (χ4v) is 3.01. The van der Waals surface area contributed by atoms with E-state index in [1.165, 1.54) is 13.2 Å². The van der Waals surface area contributed by atoms with Gasteiger partial charge in [0.15, 0.2) is 11.5 Å². The summed E-state index contributed by atoms with van der Waals surface area (Å²) in [4.78, 5) is 12.7. The number of nitrogens with one attached hydrogen (secondary N) is 1. The number of benzene rings is 2. The molecule has 0 bridgehead atoms. The van der Waals surface area contributed by atoms with Crippen molar-refractivity contribution in [1.29, 1.82) is 0 Å². The molecule has 0 radical (unpaired) electrons. The number of hydrogen-bond donors (Lipinski definition) is 2. The summed E-state index contributed by atoms with van der Waals surface area (Å²) in [6.45, 7) is 4.38. The van der Waals surface area contributed by atoms with Crippen LogP contribution in [0.25, 0.3) is 0 Å². The van der Waals surface area contributed by atoms with Crippen LogP contribution >= 0.6 is 23.2 Å². The van der Waals surface area contributed by atoms with Crippen molar-refractivity contribution in [3.05, 3.63) is 45.9 Å². The minimum Gasteiger partial charge on any atom is -0.494 e. The second-order valence-corrected chi connectivity index (χ2v) is 6.65. The van der Waals surface area contributed by atoms with Crippen LogP contribution in [0.4, 0.5) is 5.69 Å². The second-order valence-electron chi connectivity index (χ2n) is 5.87. The standard InChI is InChI=1S/C19H22Cl2N2O4/c1-11(2)27-13-6-4-5-12(9-13)23-19(24)14-10-15(20)18(26-8-7-22)16(21)17(14)25-3/h4-6,9-11H,7-8,22H2,1-3H3,(H,23,24). The van der Waals surface area contributed by atoms with Crippen LogP contribution in [-0.4, -0.2) is 32.3 Å². The molecule has 6 nitrogen and oxygen atoms in total. The number of halogens is 2. The monoisotopic (exact) mass is 412 g/mol. The molecule has 0 aliphatic heterocycles. The lowest BCUT2D eigenvalue weighted by molar-refractivity contribution is 0.102. The summed E-state index contributed by atoms with van der Waals surface area (Å²) in [6.07, 6.45) is 0.0229. The molecule has 0 saturated heterocycles. The van der Waals surface area contributed by atoms with Gasteiger partial charge in [-0.25, -0.2) is 0 Å². The number of nitrogens with two attached hydrogens (primary N) is 1. The minimum atomic E-state index is -0.428. The summed E-state index contributed by atoms with van der Waals surface area (Å²) in [5.74, 6) is 0.615. The average molecular weight is 413 g/mol. The van der Waals surface area contributed by atoms with Crippen molar-refractivity contribution in [2.75, 3.05) is 25.6 Å². The zero-order chi connectivity index (χ0) is 20.0. The third-order valence-corrected chi connectivity index (χ3v) is 4.03. The SMILES string of the molecule is COc1c(C(=O)Nc2cccc(OC(C)C)c2)cc(Cl)c(OCCN)c1Cl. The number of anilines is 1. The molecular weight excluding hydrogens is 391 g/mol. The van der Waals surface area contributed by atoms with Gasteiger partial charge in [-0.05, 0) is 32.0 Å². The van der Waals surface area contributed by atoms with Crippen molar-refractivity contribution < 1.29 is 19.0 Å². The van der Waals surface area contributed by atoms with Crippen LogP contribution in [-0.2, 0) is 0 Å². The third-order valence-electron chi connectivity index (χ3n) is 3.41. The number of rotatable bonds is 8. The highest BCUT2D eigenvalue weighted by Crippen LogP contribution is 2.42. The van der Waals surface area contributed by atoms with E-state index in [1.807, 2.05) is 19.9 Å². The maximum absolute atomic E-state index is 12.7. The van der Waals surface area contributed by atoms with Crippen molar-refractivity contribution in [1.82, 2.24) is 0 Å². The Morgan fingerprint density at radius 2 is 1.96 bits per heavy atom. The largest absolute Gasteiger partial charge is 0.494 e. The van der Waals surface area contributed by atoms with Crippen molar-refractivity contribution in [3.63, 3.8) is 0 Å². The van der Waals surface area contributed by atoms with E-state index in [1.54, 1.807) is 18.2 Å². The first kappa shape index (κ1) is 21.2. The van der Waals surface area contributed by atoms with Gasteiger partial charge >= 0.3 is 0 Å². The van der Waals surface area contributed by atoms with Crippen LogP contribution in [0.1, 0.15) is 24.2 Å². The van der Waals surface area contributed by atoms with Crippen LogP contribution in [0.5, 0.6) is 17.2 Å². The number of methoxy groups -OCH3 is 1. The highest BCUT2D eigenvalue weighted by Gasteiger charge is 2.22. The van der Waals surface area contributed by atoms with Crippen LogP contribution in [0, 0.1) is 0 Å². The highest BCUT2D eigenvalue weighted by atomic mass is 35.5. The van der Waals surface area contributed by atoms with E-state index in [2.05, 4.69) is 5.32 Å². The Balaban J connectivity index is 2.30. The zero-order valence-electron chi connectivity index (χ0n) is 15.3. The fourth-order valence-electron chi connectivity index (χ4n) is 2.36. The molecule has 0 spiro atoms. The van der Waals surface area contributed by atoms with E-state index >= 15 is 0 Å². The Hall–Kier alpha value is -2.15. The molecule has 0 aromatic heterocycles. The topological polar surface area (TPSA) is 82.8 Å². The summed E-state index contributed by atoms with van der Waals surface area (Å²) < 4.78 is 16.4. The molecule has 0 saturated carbocycles. The van der Waals surface area contributed by atoms with Gasteiger partial charge in [-0.3, -0.25) is 4.79 Å². The average Bonchev–Trinajstić information content (AvgIpc) is 2.61. The molecule has 2 rings (SSSR count). The molecule has 2 aromatic rings. The van der Waals surface area contributed by atoms with Gasteiger partial charge < -0.3 is 25.3 Å². The van der Waals surface area contributed by atoms with Crippen molar-refractivity contribution in [3.8, 4) is 17.2 Å². The lowest BCUT2D eigenvalue weighted by Crippen LogP contribution is -2.15. The van der Waals surface area contributed by atoms with Crippen molar-refractivity contribution in [2.45, 2.75) is 20.0 Å². The molecule has 0 unspecified atom stereocenters. The van der Waals surface area contributed by atoms with Crippen LogP contribution in [0.15, 0.2) is 30.3 Å². The fraction of sp³-hybridized carbons (Fsp3) is 0.316. The Kier molecular flexibility index (Phi) is 7.59. The molecule has 146 valence electrons. The first-order valence-corrected chi connectivity index (χ1v) is 9.09. The van der Waals surface area contributed by atoms with E-state index in [-0.39, 0.29) is 39.8 Å². The van der Waals surface area contributed by atoms with E-state index < -0.39 is 5.91 Å². The normalized spacial score (nSPS) is 10.6. The van der Waals surface area contributed by atoms with Gasteiger partial charge in [0.05, 0.1) is 23.8 Å². The molecule has 27 heavy (non-hydrogen) atoms. The molecular formula is C19H22Cl2N2O4. The van der Waals surface area contributed by atoms with Gasteiger partial charge in [-0.2, -0.15) is 0 Å². The van der Waals surface area contributed by atoms with E-state index in [4.69, 9.17) is 43.1 Å². The molecule has 0 fully saturated rings. The predicted octanol–water partition coefficient (Wildman–Crippen LogP) is 4.38. The first-order chi connectivity index (χ1) is 12.9. The van der Waals surface area contributed by atoms with Gasteiger partial charge in [0.1, 0.15) is 17.4 Å². The Bertz CT molecular complexity index is 813. The first-order valence-electron chi connectivity index (χ1n) is 8.34. The van der Waals surface area contributed by atoms with Crippen LogP contribution < -0.4 is 25.3 Å². The van der Waals surface area contributed by atoms with Gasteiger partial charge in [-0.15, -0.1) is 0 Å². The van der Waals surface area contributed by atoms with Gasteiger partial charge in [0, 0.05) is 18.3 Å². The lowest BCUT2D eigenvalue weighted by Gasteiger charge is -2.16. The summed E-state index contributed by atoms with van der Waals surface area (Å²) in [6, 6.07) is 8.52. The summed E-state index contributed by atoms with van der Waals surface area (Å²) >= 11 is 12.5. The maximum Gasteiger partial charge on any atom is 0.259 e. The smallest absolute Gasteiger partial charge is 0.259 e. The van der Waals surface area contributed by atoms with E-state index in [0.717, 1.165) is 0 Å². The van der Waals surface area contributed by atoms with E-state index in [9.17, 15) is 4.79 Å². The predicted molar refractivity (Wildman–Crippen MR) is 108 cm³/mol. The van der Waals surface area contributed by atoms with Gasteiger partial charge in [-0.1, -0.05) is 29.3 Å². The number of ether oxygens (including phenoxy) is 3. The molecule has 0 aliphatic rings. The van der Waals surface area contributed by atoms with E-state index in [0.29, 0.717) is 18.0 Å². The van der Waals surface area contributed by atoms with Crippen LogP contribution in [0.2, 0.25) is 10.0 Å². The Labute approximate surface area is 168 Å². The minimum absolute atomic E-state index is 0.0229. The molecule has 1 amide bonds. The van der Waals surface area contributed by atoms with Gasteiger partial charge in [0.2, 0.25) is 0 Å². The molecule has 8 heteroatoms.